The summed E-state index contributed by atoms with van der Waals surface area (Å²) in [5, 5.41) is 8.14. The van der Waals surface area contributed by atoms with E-state index < -0.39 is 0 Å². The van der Waals surface area contributed by atoms with Crippen LogP contribution in [0, 0.1) is 0 Å². The molecule has 16 heavy (non-hydrogen) atoms. The summed E-state index contributed by atoms with van der Waals surface area (Å²) in [7, 11) is 0. The normalized spacial score (nSPS) is 10.8. The van der Waals surface area contributed by atoms with Gasteiger partial charge in [-0.2, -0.15) is 0 Å². The molecule has 0 fully saturated rings. The molecule has 0 aliphatic heterocycles. The molecule has 6 heteroatoms. The lowest BCUT2D eigenvalue weighted by Gasteiger charge is -2.00. The molecule has 0 aliphatic carbocycles. The SMILES string of the molecule is Brc1ccc2nc(-n3ccnc3)nnc2c1. The van der Waals surface area contributed by atoms with Crippen molar-refractivity contribution in [1.29, 1.82) is 0 Å². The minimum atomic E-state index is 0.521. The lowest BCUT2D eigenvalue weighted by Crippen LogP contribution is -2.00. The van der Waals surface area contributed by atoms with E-state index in [1.807, 2.05) is 18.2 Å². The summed E-state index contributed by atoms with van der Waals surface area (Å²) in [6, 6.07) is 5.70. The molecule has 0 spiro atoms. The highest BCUT2D eigenvalue weighted by molar-refractivity contribution is 9.10. The van der Waals surface area contributed by atoms with E-state index in [9.17, 15) is 0 Å². The van der Waals surface area contributed by atoms with Crippen molar-refractivity contribution < 1.29 is 0 Å². The molecule has 0 saturated heterocycles. The fourth-order valence-electron chi connectivity index (χ4n) is 1.39. The highest BCUT2D eigenvalue weighted by atomic mass is 79.9. The molecule has 2 heterocycles. The zero-order valence-electron chi connectivity index (χ0n) is 8.08. The fourth-order valence-corrected chi connectivity index (χ4v) is 1.74. The first-order valence-electron chi connectivity index (χ1n) is 4.61. The Morgan fingerprint density at radius 1 is 1.12 bits per heavy atom. The highest BCUT2D eigenvalue weighted by Gasteiger charge is 2.03. The molecule has 0 unspecified atom stereocenters. The third-order valence-corrected chi connectivity index (χ3v) is 2.63. The van der Waals surface area contributed by atoms with Gasteiger partial charge < -0.3 is 0 Å². The number of nitrogens with zero attached hydrogens (tertiary/aromatic N) is 5. The predicted octanol–water partition coefficient (Wildman–Crippen LogP) is 1.97. The van der Waals surface area contributed by atoms with Crippen molar-refractivity contribution in [3.8, 4) is 5.95 Å². The van der Waals surface area contributed by atoms with Crippen molar-refractivity contribution in [2.75, 3.05) is 0 Å². The third kappa shape index (κ3) is 1.57. The zero-order valence-corrected chi connectivity index (χ0v) is 9.66. The van der Waals surface area contributed by atoms with E-state index in [1.54, 1.807) is 23.3 Å². The Morgan fingerprint density at radius 2 is 2.06 bits per heavy atom. The lowest BCUT2D eigenvalue weighted by molar-refractivity contribution is 0.880. The second-order valence-corrected chi connectivity index (χ2v) is 4.13. The van der Waals surface area contributed by atoms with Crippen LogP contribution >= 0.6 is 15.9 Å². The molecule has 3 rings (SSSR count). The molecule has 5 nitrogen and oxygen atoms in total. The van der Waals surface area contributed by atoms with E-state index in [0.717, 1.165) is 15.5 Å². The molecule has 0 aliphatic rings. The minimum Gasteiger partial charge on any atom is -0.273 e. The number of rotatable bonds is 1. The van der Waals surface area contributed by atoms with E-state index in [-0.39, 0.29) is 0 Å². The first kappa shape index (κ1) is 9.41. The van der Waals surface area contributed by atoms with Crippen molar-refractivity contribution in [2.45, 2.75) is 0 Å². The third-order valence-electron chi connectivity index (χ3n) is 2.14. The van der Waals surface area contributed by atoms with E-state index in [1.165, 1.54) is 0 Å². The molecule has 0 atom stereocenters. The number of aromatic nitrogens is 5. The first-order valence-corrected chi connectivity index (χ1v) is 5.40. The number of imidazole rings is 1. The van der Waals surface area contributed by atoms with E-state index in [4.69, 9.17) is 0 Å². The number of halogens is 1. The van der Waals surface area contributed by atoms with E-state index in [2.05, 4.69) is 36.1 Å². The van der Waals surface area contributed by atoms with Gasteiger partial charge >= 0.3 is 0 Å². The van der Waals surface area contributed by atoms with Gasteiger partial charge in [0.2, 0.25) is 0 Å². The van der Waals surface area contributed by atoms with Gasteiger partial charge in [-0.3, -0.25) is 4.57 Å². The van der Waals surface area contributed by atoms with Gasteiger partial charge in [0, 0.05) is 16.9 Å². The smallest absolute Gasteiger partial charge is 0.255 e. The molecular weight excluding hydrogens is 270 g/mol. The van der Waals surface area contributed by atoms with E-state index >= 15 is 0 Å². The Balaban J connectivity index is 2.20. The monoisotopic (exact) mass is 275 g/mol. The van der Waals surface area contributed by atoms with Gasteiger partial charge in [-0.15, -0.1) is 10.2 Å². The minimum absolute atomic E-state index is 0.521. The van der Waals surface area contributed by atoms with Gasteiger partial charge in [0.1, 0.15) is 11.8 Å². The first-order chi connectivity index (χ1) is 7.83. The molecule has 2 aromatic heterocycles. The Morgan fingerprint density at radius 3 is 2.88 bits per heavy atom. The summed E-state index contributed by atoms with van der Waals surface area (Å²) in [4.78, 5) is 8.33. The zero-order chi connectivity index (χ0) is 11.0. The molecule has 1 aromatic carbocycles. The summed E-state index contributed by atoms with van der Waals surface area (Å²) in [6.07, 6.45) is 5.10. The van der Waals surface area contributed by atoms with Crippen LogP contribution in [0.25, 0.3) is 17.0 Å². The largest absolute Gasteiger partial charge is 0.273 e. The second kappa shape index (κ2) is 3.64. The van der Waals surface area contributed by atoms with Crippen molar-refractivity contribution in [2.24, 2.45) is 0 Å². The van der Waals surface area contributed by atoms with Crippen LogP contribution in [0.4, 0.5) is 0 Å². The summed E-state index contributed by atoms with van der Waals surface area (Å²) in [6.45, 7) is 0. The van der Waals surface area contributed by atoms with Gasteiger partial charge in [-0.25, -0.2) is 9.97 Å². The maximum atomic E-state index is 4.39. The fraction of sp³-hybridized carbons (Fsp3) is 0. The summed E-state index contributed by atoms with van der Waals surface area (Å²) >= 11 is 3.38. The second-order valence-electron chi connectivity index (χ2n) is 3.21. The van der Waals surface area contributed by atoms with Gasteiger partial charge in [0.15, 0.2) is 0 Å². The molecule has 0 saturated carbocycles. The number of benzene rings is 1. The highest BCUT2D eigenvalue weighted by Crippen LogP contribution is 2.16. The summed E-state index contributed by atoms with van der Waals surface area (Å²) < 4.78 is 2.68. The van der Waals surface area contributed by atoms with Crippen LogP contribution in [0.15, 0.2) is 41.4 Å². The van der Waals surface area contributed by atoms with Gasteiger partial charge in [0.25, 0.3) is 5.95 Å². The Labute approximate surface area is 99.3 Å². The molecular formula is C10H6BrN5. The quantitative estimate of drug-likeness (QED) is 0.682. The Bertz CT molecular complexity index is 635. The average Bonchev–Trinajstić information content (AvgIpc) is 2.82. The van der Waals surface area contributed by atoms with Crippen LogP contribution in [0.2, 0.25) is 0 Å². The Kier molecular flexibility index (Phi) is 2.14. The molecule has 3 aromatic rings. The topological polar surface area (TPSA) is 56.5 Å². The summed E-state index contributed by atoms with van der Waals surface area (Å²) in [5.41, 5.74) is 1.57. The molecule has 78 valence electrons. The molecule has 0 radical (unpaired) electrons. The van der Waals surface area contributed by atoms with Gasteiger partial charge in [0.05, 0.1) is 5.52 Å². The van der Waals surface area contributed by atoms with Crippen molar-refractivity contribution in [3.63, 3.8) is 0 Å². The lowest BCUT2D eigenvalue weighted by atomic mass is 10.3. The molecule has 0 amide bonds. The number of fused-ring (bicyclic) bond motifs is 1. The van der Waals surface area contributed by atoms with Crippen LogP contribution in [-0.2, 0) is 0 Å². The predicted molar refractivity (Wildman–Crippen MR) is 62.2 cm³/mol. The maximum Gasteiger partial charge on any atom is 0.255 e. The van der Waals surface area contributed by atoms with Crippen molar-refractivity contribution in [3.05, 3.63) is 41.4 Å². The van der Waals surface area contributed by atoms with Crippen LogP contribution in [0.1, 0.15) is 0 Å². The summed E-state index contributed by atoms with van der Waals surface area (Å²) in [5.74, 6) is 0.521. The van der Waals surface area contributed by atoms with Gasteiger partial charge in [-0.05, 0) is 18.2 Å². The van der Waals surface area contributed by atoms with Crippen molar-refractivity contribution in [1.82, 2.24) is 24.7 Å². The van der Waals surface area contributed by atoms with E-state index in [0.29, 0.717) is 5.95 Å². The van der Waals surface area contributed by atoms with Crippen LogP contribution in [0.5, 0.6) is 0 Å². The standard InChI is InChI=1S/C10H6BrN5/c11-7-1-2-8-9(5-7)14-15-10(13-8)16-4-3-12-6-16/h1-6H. The average molecular weight is 276 g/mol. The van der Waals surface area contributed by atoms with Gasteiger partial charge in [-0.1, -0.05) is 15.9 Å². The number of hydrogen-bond acceptors (Lipinski definition) is 4. The maximum absolute atomic E-state index is 4.39. The molecule has 0 N–H and O–H groups in total. The van der Waals surface area contributed by atoms with Crippen LogP contribution in [-0.4, -0.2) is 24.7 Å². The Hall–Kier alpha value is -1.82. The van der Waals surface area contributed by atoms with Crippen LogP contribution in [0.3, 0.4) is 0 Å². The molecule has 0 bridgehead atoms. The number of hydrogen-bond donors (Lipinski definition) is 0. The van der Waals surface area contributed by atoms with Crippen LogP contribution < -0.4 is 0 Å². The van der Waals surface area contributed by atoms with Crippen molar-refractivity contribution >= 4 is 27.0 Å².